The normalized spacial score (nSPS) is 25.9. The van der Waals surface area contributed by atoms with Crippen LogP contribution >= 0.6 is 0 Å². The maximum Gasteiger partial charge on any atom is 0.389 e. The first kappa shape index (κ1) is 18.8. The summed E-state index contributed by atoms with van der Waals surface area (Å²) < 4.78 is 37.5. The van der Waals surface area contributed by atoms with E-state index < -0.39 is 12.6 Å². The molecular formula is C17H32F3N. The molecule has 1 unspecified atom stereocenters. The minimum atomic E-state index is -4.03. The van der Waals surface area contributed by atoms with Crippen LogP contribution in [0.25, 0.3) is 0 Å². The number of hydrogen-bond acceptors (Lipinski definition) is 1. The van der Waals surface area contributed by atoms with Crippen molar-refractivity contribution in [2.75, 3.05) is 6.54 Å². The molecule has 1 aliphatic carbocycles. The number of hydrogen-bond donors (Lipinski definition) is 1. The molecule has 0 aromatic rings. The number of rotatable bonds is 6. The lowest BCUT2D eigenvalue weighted by atomic mass is 9.68. The van der Waals surface area contributed by atoms with E-state index in [-0.39, 0.29) is 12.5 Å². The maximum atomic E-state index is 12.5. The third kappa shape index (κ3) is 7.03. The quantitative estimate of drug-likeness (QED) is 0.678. The van der Waals surface area contributed by atoms with Crippen molar-refractivity contribution in [1.82, 2.24) is 5.32 Å². The van der Waals surface area contributed by atoms with Crippen molar-refractivity contribution in [2.24, 2.45) is 17.3 Å². The highest BCUT2D eigenvalue weighted by Gasteiger charge is 2.35. The van der Waals surface area contributed by atoms with E-state index >= 15 is 0 Å². The molecule has 0 aromatic carbocycles. The van der Waals surface area contributed by atoms with Crippen LogP contribution in [0.4, 0.5) is 13.2 Å². The largest absolute Gasteiger partial charge is 0.389 e. The minimum Gasteiger partial charge on any atom is -0.314 e. The summed E-state index contributed by atoms with van der Waals surface area (Å²) in [5.74, 6) is 1.13. The second-order valence-electron chi connectivity index (χ2n) is 7.69. The highest BCUT2D eigenvalue weighted by Crippen LogP contribution is 2.41. The molecule has 1 nitrogen and oxygen atoms in total. The number of halogens is 3. The molecule has 0 radical (unpaired) electrons. The monoisotopic (exact) mass is 307 g/mol. The van der Waals surface area contributed by atoms with Gasteiger partial charge in [-0.25, -0.2) is 0 Å². The lowest BCUT2D eigenvalue weighted by molar-refractivity contribution is -0.137. The van der Waals surface area contributed by atoms with Crippen LogP contribution in [-0.4, -0.2) is 18.8 Å². The highest BCUT2D eigenvalue weighted by molar-refractivity contribution is 4.86. The van der Waals surface area contributed by atoms with Crippen LogP contribution in [0.1, 0.15) is 72.6 Å². The average molecular weight is 307 g/mol. The Morgan fingerprint density at radius 2 is 1.62 bits per heavy atom. The van der Waals surface area contributed by atoms with Crippen molar-refractivity contribution in [3.63, 3.8) is 0 Å². The fourth-order valence-electron chi connectivity index (χ4n) is 3.54. The summed E-state index contributed by atoms with van der Waals surface area (Å²) in [5.41, 5.74) is 0.323. The molecule has 21 heavy (non-hydrogen) atoms. The molecule has 1 saturated carbocycles. The Morgan fingerprint density at radius 3 is 2.05 bits per heavy atom. The summed E-state index contributed by atoms with van der Waals surface area (Å²) in [6.07, 6.45) is 0.966. The Bertz CT molecular complexity index is 285. The minimum absolute atomic E-state index is 0.0347. The van der Waals surface area contributed by atoms with E-state index in [1.165, 1.54) is 0 Å². The summed E-state index contributed by atoms with van der Waals surface area (Å²) in [4.78, 5) is 0. The molecule has 1 N–H and O–H groups in total. The first-order valence-electron chi connectivity index (χ1n) is 8.43. The first-order chi connectivity index (χ1) is 9.63. The molecule has 0 amide bonds. The summed E-state index contributed by atoms with van der Waals surface area (Å²) in [6, 6.07) is 0.0347. The molecule has 1 fully saturated rings. The second-order valence-corrected chi connectivity index (χ2v) is 7.69. The molecule has 1 rings (SSSR count). The number of nitrogens with one attached hydrogen (secondary N) is 1. The van der Waals surface area contributed by atoms with Crippen LogP contribution in [0.2, 0.25) is 0 Å². The smallest absolute Gasteiger partial charge is 0.314 e. The summed E-state index contributed by atoms with van der Waals surface area (Å²) in [6.45, 7) is 9.70. The van der Waals surface area contributed by atoms with E-state index in [0.717, 1.165) is 38.6 Å². The van der Waals surface area contributed by atoms with Gasteiger partial charge in [0.15, 0.2) is 0 Å². The Balaban J connectivity index is 2.52. The topological polar surface area (TPSA) is 12.0 Å². The lowest BCUT2D eigenvalue weighted by Crippen LogP contribution is -2.40. The SMILES string of the molecule is CCCNC(CCC(F)(F)F)C1CCC(C(C)(C)C)CC1. The van der Waals surface area contributed by atoms with Crippen LogP contribution in [0.15, 0.2) is 0 Å². The van der Waals surface area contributed by atoms with Crippen molar-refractivity contribution < 1.29 is 13.2 Å². The van der Waals surface area contributed by atoms with E-state index in [9.17, 15) is 13.2 Å². The van der Waals surface area contributed by atoms with Crippen LogP contribution < -0.4 is 5.32 Å². The standard InChI is InChI=1S/C17H32F3N/c1-5-12-21-15(10-11-17(18,19)20)13-6-8-14(9-7-13)16(2,3)4/h13-15,21H,5-12H2,1-4H3. The van der Waals surface area contributed by atoms with Crippen molar-refractivity contribution in [1.29, 1.82) is 0 Å². The first-order valence-corrected chi connectivity index (χ1v) is 8.43. The molecular weight excluding hydrogens is 275 g/mol. The van der Waals surface area contributed by atoms with Gasteiger partial charge >= 0.3 is 6.18 Å². The van der Waals surface area contributed by atoms with Crippen molar-refractivity contribution in [3.05, 3.63) is 0 Å². The fraction of sp³-hybridized carbons (Fsp3) is 1.00. The van der Waals surface area contributed by atoms with Gasteiger partial charge in [-0.1, -0.05) is 27.7 Å². The molecule has 0 aliphatic heterocycles. The molecule has 4 heteroatoms. The number of alkyl halides is 3. The van der Waals surface area contributed by atoms with Crippen LogP contribution in [-0.2, 0) is 0 Å². The maximum absolute atomic E-state index is 12.5. The molecule has 126 valence electrons. The van der Waals surface area contributed by atoms with Gasteiger partial charge in [-0.2, -0.15) is 13.2 Å². The third-order valence-electron chi connectivity index (χ3n) is 4.96. The van der Waals surface area contributed by atoms with E-state index in [0.29, 0.717) is 17.3 Å². The van der Waals surface area contributed by atoms with Gasteiger partial charge in [0.2, 0.25) is 0 Å². The Hall–Kier alpha value is -0.250. The van der Waals surface area contributed by atoms with Gasteiger partial charge in [0, 0.05) is 12.5 Å². The fourth-order valence-corrected chi connectivity index (χ4v) is 3.54. The van der Waals surface area contributed by atoms with E-state index in [2.05, 4.69) is 33.0 Å². The Morgan fingerprint density at radius 1 is 1.05 bits per heavy atom. The second kappa shape index (κ2) is 7.85. The molecule has 1 atom stereocenters. The van der Waals surface area contributed by atoms with Gasteiger partial charge in [0.05, 0.1) is 0 Å². The summed E-state index contributed by atoms with van der Waals surface area (Å²) >= 11 is 0. The zero-order valence-electron chi connectivity index (χ0n) is 14.0. The lowest BCUT2D eigenvalue weighted by Gasteiger charge is -2.40. The van der Waals surface area contributed by atoms with Gasteiger partial charge < -0.3 is 5.32 Å². The molecule has 0 spiro atoms. The predicted octanol–water partition coefficient (Wildman–Crippen LogP) is 5.55. The van der Waals surface area contributed by atoms with E-state index in [4.69, 9.17) is 0 Å². The average Bonchev–Trinajstić information content (AvgIpc) is 2.37. The van der Waals surface area contributed by atoms with Crippen LogP contribution in [0.5, 0.6) is 0 Å². The zero-order valence-corrected chi connectivity index (χ0v) is 14.0. The zero-order chi connectivity index (χ0) is 16.1. The molecule has 0 saturated heterocycles. The van der Waals surface area contributed by atoms with Crippen LogP contribution in [0.3, 0.4) is 0 Å². The summed E-state index contributed by atoms with van der Waals surface area (Å²) in [7, 11) is 0. The van der Waals surface area contributed by atoms with Crippen LogP contribution in [0, 0.1) is 17.3 Å². The highest BCUT2D eigenvalue weighted by atomic mass is 19.4. The van der Waals surface area contributed by atoms with Gasteiger partial charge in [-0.15, -0.1) is 0 Å². The van der Waals surface area contributed by atoms with Gasteiger partial charge in [0.1, 0.15) is 0 Å². The summed E-state index contributed by atoms with van der Waals surface area (Å²) in [5, 5.41) is 3.37. The molecule has 0 heterocycles. The molecule has 1 aliphatic rings. The van der Waals surface area contributed by atoms with Gasteiger partial charge in [0.25, 0.3) is 0 Å². The predicted molar refractivity (Wildman–Crippen MR) is 82.3 cm³/mol. The van der Waals surface area contributed by atoms with E-state index in [1.807, 2.05) is 0 Å². The Labute approximate surface area is 128 Å². The van der Waals surface area contributed by atoms with Crippen molar-refractivity contribution >= 4 is 0 Å². The Kier molecular flexibility index (Phi) is 7.02. The van der Waals surface area contributed by atoms with Crippen molar-refractivity contribution in [3.8, 4) is 0 Å². The van der Waals surface area contributed by atoms with Gasteiger partial charge in [-0.05, 0) is 62.3 Å². The molecule has 0 aromatic heterocycles. The third-order valence-corrected chi connectivity index (χ3v) is 4.96. The van der Waals surface area contributed by atoms with Gasteiger partial charge in [-0.3, -0.25) is 0 Å². The molecule has 0 bridgehead atoms. The van der Waals surface area contributed by atoms with E-state index in [1.54, 1.807) is 0 Å². The van der Waals surface area contributed by atoms with Crippen molar-refractivity contribution in [2.45, 2.75) is 84.9 Å².